The van der Waals surface area contributed by atoms with Crippen LogP contribution in [0.1, 0.15) is 104 Å². The Morgan fingerprint density at radius 3 is 2.21 bits per heavy atom. The Morgan fingerprint density at radius 1 is 1.02 bits per heavy atom. The van der Waals surface area contributed by atoms with E-state index < -0.39 is 47.5 Å². The normalized spacial score (nSPS) is 27.4. The zero-order valence-electron chi connectivity index (χ0n) is 26.3. The van der Waals surface area contributed by atoms with Crippen LogP contribution in [0, 0.1) is 5.92 Å². The van der Waals surface area contributed by atoms with E-state index in [4.69, 9.17) is 14.2 Å². The summed E-state index contributed by atoms with van der Waals surface area (Å²) in [7, 11) is 0. The lowest BCUT2D eigenvalue weighted by Gasteiger charge is -2.45. The van der Waals surface area contributed by atoms with Gasteiger partial charge in [-0.25, -0.2) is 13.6 Å². The molecule has 0 radical (unpaired) electrons. The van der Waals surface area contributed by atoms with Crippen molar-refractivity contribution in [1.82, 2.24) is 10.6 Å². The zero-order chi connectivity index (χ0) is 30.8. The average Bonchev–Trinajstić information content (AvgIpc) is 3.34. The first-order valence-corrected chi connectivity index (χ1v) is 15.7. The van der Waals surface area contributed by atoms with Crippen molar-refractivity contribution in [2.24, 2.45) is 5.92 Å². The van der Waals surface area contributed by atoms with Crippen molar-refractivity contribution in [1.29, 1.82) is 0 Å². The summed E-state index contributed by atoms with van der Waals surface area (Å²) < 4.78 is 46.0. The van der Waals surface area contributed by atoms with E-state index in [1.54, 1.807) is 20.8 Å². The van der Waals surface area contributed by atoms with Gasteiger partial charge in [-0.05, 0) is 75.3 Å². The lowest BCUT2D eigenvalue weighted by atomic mass is 9.72. The van der Waals surface area contributed by atoms with Gasteiger partial charge in [0.15, 0.2) is 5.79 Å². The summed E-state index contributed by atoms with van der Waals surface area (Å²) in [6.45, 7) is 13.2. The summed E-state index contributed by atoms with van der Waals surface area (Å²) in [6, 6.07) is 7.86. The predicted molar refractivity (Wildman–Crippen MR) is 159 cm³/mol. The first kappa shape index (κ1) is 33.1. The molecule has 238 valence electrons. The van der Waals surface area contributed by atoms with Crippen LogP contribution in [-0.2, 0) is 25.2 Å². The molecule has 1 saturated heterocycles. The quantitative estimate of drug-likeness (QED) is 0.332. The number of alkyl halides is 2. The second-order valence-electron chi connectivity index (χ2n) is 14.7. The maximum Gasteiger partial charge on any atom is 0.407 e. The molecule has 7 nitrogen and oxygen atoms in total. The smallest absolute Gasteiger partial charge is 0.407 e. The highest BCUT2D eigenvalue weighted by molar-refractivity contribution is 5.68. The molecule has 4 rings (SSSR count). The summed E-state index contributed by atoms with van der Waals surface area (Å²) in [6.07, 6.45) is -0.561. The number of hydrogen-bond donors (Lipinski definition) is 3. The van der Waals surface area contributed by atoms with Gasteiger partial charge in [-0.1, -0.05) is 45.0 Å². The summed E-state index contributed by atoms with van der Waals surface area (Å²) in [4.78, 5) is 12.8. The Kier molecular flexibility index (Phi) is 10.3. The van der Waals surface area contributed by atoms with Gasteiger partial charge in [0, 0.05) is 31.3 Å². The van der Waals surface area contributed by atoms with E-state index in [0.717, 1.165) is 18.4 Å². The molecule has 3 N–H and O–H groups in total. The van der Waals surface area contributed by atoms with Crippen LogP contribution in [0.25, 0.3) is 0 Å². The maximum atomic E-state index is 14.2. The number of alkyl carbamates (subject to hydrolysis) is 1. The Bertz CT molecular complexity index is 1030. The molecule has 42 heavy (non-hydrogen) atoms. The molecule has 9 heteroatoms. The molecule has 1 amide bonds. The minimum atomic E-state index is -1.22. The summed E-state index contributed by atoms with van der Waals surface area (Å²) in [5.74, 6) is -0.846. The third kappa shape index (κ3) is 8.64. The monoisotopic (exact) mass is 594 g/mol. The predicted octanol–water partition coefficient (Wildman–Crippen LogP) is 6.21. The Labute approximate surface area is 250 Å². The van der Waals surface area contributed by atoms with Crippen LogP contribution in [0.4, 0.5) is 13.6 Å². The zero-order valence-corrected chi connectivity index (χ0v) is 26.3. The van der Waals surface area contributed by atoms with Crippen LogP contribution in [-0.4, -0.2) is 66.8 Å². The van der Waals surface area contributed by atoms with Gasteiger partial charge in [0.05, 0.1) is 25.4 Å². The molecular formula is C33H52F2N2O5. The number of carbonyl (C=O) groups excluding carboxylic acids is 1. The second kappa shape index (κ2) is 13.0. The largest absolute Gasteiger partial charge is 0.444 e. The number of aliphatic hydroxyl groups is 1. The van der Waals surface area contributed by atoms with Crippen LogP contribution in [0.3, 0.4) is 0 Å². The van der Waals surface area contributed by atoms with Gasteiger partial charge in [-0.15, -0.1) is 0 Å². The highest BCUT2D eigenvalue weighted by atomic mass is 19.1. The summed E-state index contributed by atoms with van der Waals surface area (Å²) in [5.41, 5.74) is 1.16. The highest BCUT2D eigenvalue weighted by Gasteiger charge is 2.47. The number of amides is 1. The lowest BCUT2D eigenvalue weighted by molar-refractivity contribution is -0.187. The van der Waals surface area contributed by atoms with Crippen molar-refractivity contribution in [2.45, 2.75) is 140 Å². The van der Waals surface area contributed by atoms with Crippen molar-refractivity contribution >= 4 is 6.09 Å². The van der Waals surface area contributed by atoms with Gasteiger partial charge in [0.1, 0.15) is 17.9 Å². The molecule has 1 aromatic rings. The Balaban J connectivity index is 1.54. The molecule has 2 aliphatic carbocycles. The lowest BCUT2D eigenvalue weighted by Crippen LogP contribution is -2.55. The Morgan fingerprint density at radius 2 is 1.64 bits per heavy atom. The summed E-state index contributed by atoms with van der Waals surface area (Å²) in [5, 5.41) is 18.0. The molecular weight excluding hydrogens is 542 g/mol. The molecule has 3 unspecified atom stereocenters. The van der Waals surface area contributed by atoms with E-state index in [0.29, 0.717) is 26.1 Å². The van der Waals surface area contributed by atoms with Crippen LogP contribution < -0.4 is 10.6 Å². The number of aliphatic hydroxyl groups excluding tert-OH is 1. The number of nitrogens with one attached hydrogen (secondary N) is 2. The molecule has 1 heterocycles. The van der Waals surface area contributed by atoms with Crippen LogP contribution in [0.2, 0.25) is 0 Å². The van der Waals surface area contributed by atoms with Gasteiger partial charge in [0.2, 0.25) is 0 Å². The van der Waals surface area contributed by atoms with Gasteiger partial charge >= 0.3 is 6.09 Å². The fourth-order valence-corrected chi connectivity index (χ4v) is 6.75. The van der Waals surface area contributed by atoms with Crippen LogP contribution in [0.15, 0.2) is 24.3 Å². The second-order valence-corrected chi connectivity index (χ2v) is 14.7. The molecule has 1 aromatic carbocycles. The molecule has 3 aliphatic rings. The van der Waals surface area contributed by atoms with Crippen molar-refractivity contribution in [3.8, 4) is 0 Å². The average molecular weight is 595 g/mol. The number of hydrogen-bond acceptors (Lipinski definition) is 6. The minimum Gasteiger partial charge on any atom is -0.444 e. The number of carbonyl (C=O) groups is 1. The maximum absolute atomic E-state index is 14.2. The van der Waals surface area contributed by atoms with E-state index in [1.165, 1.54) is 5.56 Å². The molecule has 0 aromatic heterocycles. The number of rotatable bonds is 8. The first-order chi connectivity index (χ1) is 19.6. The molecule has 0 bridgehead atoms. The van der Waals surface area contributed by atoms with Crippen LogP contribution >= 0.6 is 0 Å². The van der Waals surface area contributed by atoms with Crippen molar-refractivity contribution in [3.05, 3.63) is 35.4 Å². The van der Waals surface area contributed by atoms with E-state index in [1.807, 2.05) is 0 Å². The SMILES string of the molecule is CC(C)(C)OC(=O)NC(CC1CC(F)CC(F)C1)[C@H](O)CNC1(c2cccc(C(C)(C)C)c2)CCC2(CC1)OCCO2. The number of halogens is 2. The fraction of sp³-hybridized carbons (Fsp3) is 0.788. The van der Waals surface area contributed by atoms with Gasteiger partial charge in [-0.2, -0.15) is 0 Å². The van der Waals surface area contributed by atoms with E-state index in [2.05, 4.69) is 55.7 Å². The Hall–Kier alpha value is -1.81. The molecule has 2 saturated carbocycles. The third-order valence-electron chi connectivity index (χ3n) is 9.05. The van der Waals surface area contributed by atoms with Gasteiger partial charge in [0.25, 0.3) is 0 Å². The highest BCUT2D eigenvalue weighted by Crippen LogP contribution is 2.45. The van der Waals surface area contributed by atoms with E-state index in [9.17, 15) is 18.7 Å². The molecule has 3 fully saturated rings. The standard InChI is InChI=1S/C33H52F2N2O5/c1-30(2,3)23-8-7-9-24(19-23)32(10-12-33(13-11-32)40-14-15-41-33)36-21-28(38)27(37-29(39)42-31(4,5)6)18-22-16-25(34)20-26(35)17-22/h7-9,19,22,25-28,36,38H,10-18,20-21H2,1-6H3,(H,37,39)/t22?,25?,26?,27?,28-/m1/s1. The molecule has 1 aliphatic heterocycles. The van der Waals surface area contributed by atoms with Crippen molar-refractivity contribution < 1.29 is 32.9 Å². The third-order valence-corrected chi connectivity index (χ3v) is 9.05. The van der Waals surface area contributed by atoms with Gasteiger partial charge in [-0.3, -0.25) is 0 Å². The fourth-order valence-electron chi connectivity index (χ4n) is 6.75. The molecule has 4 atom stereocenters. The van der Waals surface area contributed by atoms with Crippen molar-refractivity contribution in [2.75, 3.05) is 19.8 Å². The van der Waals surface area contributed by atoms with Crippen LogP contribution in [0.5, 0.6) is 0 Å². The summed E-state index contributed by atoms with van der Waals surface area (Å²) >= 11 is 0. The molecule has 1 spiro atoms. The minimum absolute atomic E-state index is 0.0325. The van der Waals surface area contributed by atoms with Gasteiger partial charge < -0.3 is 30.0 Å². The first-order valence-electron chi connectivity index (χ1n) is 15.7. The number of benzene rings is 1. The van der Waals surface area contributed by atoms with E-state index in [-0.39, 0.29) is 43.6 Å². The van der Waals surface area contributed by atoms with Crippen molar-refractivity contribution in [3.63, 3.8) is 0 Å². The number of ether oxygens (including phenoxy) is 3. The topological polar surface area (TPSA) is 89.1 Å². The van der Waals surface area contributed by atoms with E-state index >= 15 is 0 Å².